The Balaban J connectivity index is 0.00000319. The number of piperidine rings is 1. The average Bonchev–Trinajstić information content (AvgIpc) is 3.49. The fourth-order valence-corrected chi connectivity index (χ4v) is 5.65. The lowest BCUT2D eigenvalue weighted by atomic mass is 10.00. The molecule has 49 heavy (non-hydrogen) atoms. The SMILES string of the molecule is C=CCOC(=O)N(c1cc(OCCCC(=O)Nc2cn(C)c(C(=O)O)n2)c(OC)cc1C(=O)N1CCCCC1CO)C1CCCCO1.CC. The molecule has 15 nitrogen and oxygen atoms in total. The maximum atomic E-state index is 14.1. The zero-order valence-electron chi connectivity index (χ0n) is 28.8. The van der Waals surface area contributed by atoms with Crippen LogP contribution in [0.5, 0.6) is 11.5 Å². The highest BCUT2D eigenvalue weighted by atomic mass is 16.6. The van der Waals surface area contributed by atoms with Crippen LogP contribution in [0.25, 0.3) is 0 Å². The van der Waals surface area contributed by atoms with Crippen molar-refractivity contribution in [1.29, 1.82) is 0 Å². The largest absolute Gasteiger partial charge is 0.493 e. The number of methoxy groups -OCH3 is 1. The van der Waals surface area contributed by atoms with Gasteiger partial charge in [0.05, 0.1) is 37.6 Å². The second-order valence-electron chi connectivity index (χ2n) is 11.3. The Morgan fingerprint density at radius 2 is 1.90 bits per heavy atom. The molecule has 15 heteroatoms. The molecular weight excluding hydrogens is 638 g/mol. The van der Waals surface area contributed by atoms with Gasteiger partial charge in [0, 0.05) is 38.9 Å². The number of likely N-dealkylation sites (tertiary alicyclic amines) is 1. The molecule has 2 saturated heterocycles. The van der Waals surface area contributed by atoms with Crippen LogP contribution < -0.4 is 19.7 Å². The van der Waals surface area contributed by atoms with Crippen LogP contribution in [0.3, 0.4) is 0 Å². The summed E-state index contributed by atoms with van der Waals surface area (Å²) in [5, 5.41) is 21.8. The van der Waals surface area contributed by atoms with E-state index in [2.05, 4.69) is 16.9 Å². The maximum absolute atomic E-state index is 14.1. The summed E-state index contributed by atoms with van der Waals surface area (Å²) in [6.45, 7) is 8.32. The molecule has 2 aromatic rings. The Morgan fingerprint density at radius 1 is 1.14 bits per heavy atom. The standard InChI is InChI=1S/C32H43N5O10.C2H6/c1-4-14-47-32(43)37(28-12-6-8-15-46-28)23-18-25(24(44-3)17-22(23)30(40)36-13-7-5-10-21(36)20-38)45-16-9-11-27(39)33-26-19-35(2)29(34-26)31(41)42;1-2/h4,17-19,21,28,38H,1,5-16,20H2,2-3H3,(H,33,39)(H,41,42);1-2H3. The Morgan fingerprint density at radius 3 is 2.53 bits per heavy atom. The predicted molar refractivity (Wildman–Crippen MR) is 181 cm³/mol. The van der Waals surface area contributed by atoms with E-state index in [1.54, 1.807) is 11.0 Å². The molecule has 1 aromatic heterocycles. The number of aliphatic hydroxyl groups is 1. The van der Waals surface area contributed by atoms with E-state index in [4.69, 9.17) is 18.9 Å². The number of nitrogens with one attached hydrogen (secondary N) is 1. The zero-order valence-corrected chi connectivity index (χ0v) is 28.8. The fraction of sp³-hybridized carbons (Fsp3) is 0.559. The van der Waals surface area contributed by atoms with Crippen LogP contribution in [0.4, 0.5) is 16.3 Å². The number of carboxylic acids is 1. The summed E-state index contributed by atoms with van der Waals surface area (Å²) in [4.78, 5) is 58.3. The van der Waals surface area contributed by atoms with Gasteiger partial charge < -0.3 is 43.9 Å². The smallest absolute Gasteiger partial charge is 0.416 e. The highest BCUT2D eigenvalue weighted by Gasteiger charge is 2.36. The molecule has 3 amide bonds. The molecule has 1 aromatic carbocycles. The first kappa shape index (κ1) is 38.8. The lowest BCUT2D eigenvalue weighted by Gasteiger charge is -2.37. The quantitative estimate of drug-likeness (QED) is 0.187. The van der Waals surface area contributed by atoms with Crippen molar-refractivity contribution in [1.82, 2.24) is 14.5 Å². The fourth-order valence-electron chi connectivity index (χ4n) is 5.65. The third-order valence-electron chi connectivity index (χ3n) is 7.98. The third-order valence-corrected chi connectivity index (χ3v) is 7.98. The minimum atomic E-state index is -1.21. The highest BCUT2D eigenvalue weighted by Crippen LogP contribution is 2.39. The lowest BCUT2D eigenvalue weighted by molar-refractivity contribution is -0.116. The molecule has 4 rings (SSSR count). The summed E-state index contributed by atoms with van der Waals surface area (Å²) in [7, 11) is 2.94. The first-order valence-electron chi connectivity index (χ1n) is 16.7. The number of nitrogens with zero attached hydrogens (tertiary/aromatic N) is 4. The van der Waals surface area contributed by atoms with Gasteiger partial charge in [-0.15, -0.1) is 0 Å². The number of hydrogen-bond acceptors (Lipinski definition) is 10. The van der Waals surface area contributed by atoms with Gasteiger partial charge in [-0.2, -0.15) is 0 Å². The molecular formula is C34H49N5O10. The highest BCUT2D eigenvalue weighted by molar-refractivity contribution is 6.04. The number of imidazole rings is 1. The number of amides is 3. The first-order valence-corrected chi connectivity index (χ1v) is 16.7. The van der Waals surface area contributed by atoms with Crippen LogP contribution in [-0.2, 0) is 21.3 Å². The average molecular weight is 688 g/mol. The van der Waals surface area contributed by atoms with Gasteiger partial charge >= 0.3 is 12.1 Å². The summed E-state index contributed by atoms with van der Waals surface area (Å²) < 4.78 is 24.4. The summed E-state index contributed by atoms with van der Waals surface area (Å²) in [5.41, 5.74) is 0.367. The molecule has 0 bridgehead atoms. The van der Waals surface area contributed by atoms with Crippen molar-refractivity contribution in [3.63, 3.8) is 0 Å². The van der Waals surface area contributed by atoms with Crippen LogP contribution >= 0.6 is 0 Å². The van der Waals surface area contributed by atoms with Crippen molar-refractivity contribution >= 4 is 35.4 Å². The Kier molecular flexibility index (Phi) is 15.4. The second-order valence-corrected chi connectivity index (χ2v) is 11.3. The molecule has 0 radical (unpaired) electrons. The van der Waals surface area contributed by atoms with Crippen LogP contribution in [0.15, 0.2) is 31.0 Å². The summed E-state index contributed by atoms with van der Waals surface area (Å²) in [6, 6.07) is 2.69. The number of aryl methyl sites for hydroxylation is 1. The number of benzene rings is 1. The molecule has 2 aliphatic rings. The van der Waals surface area contributed by atoms with Gasteiger partial charge in [-0.25, -0.2) is 14.6 Å². The monoisotopic (exact) mass is 687 g/mol. The van der Waals surface area contributed by atoms with Crippen molar-refractivity contribution < 1.29 is 48.3 Å². The molecule has 0 aliphatic carbocycles. The Labute approximate surface area is 286 Å². The molecule has 3 N–H and O–H groups in total. The zero-order chi connectivity index (χ0) is 35.9. The molecule has 2 fully saturated rings. The van der Waals surface area contributed by atoms with E-state index in [-0.39, 0.29) is 84.9 Å². The number of carboxylic acid groups (broad SMARTS) is 1. The van der Waals surface area contributed by atoms with Gasteiger partial charge in [0.2, 0.25) is 11.7 Å². The van der Waals surface area contributed by atoms with Gasteiger partial charge in [0.15, 0.2) is 17.3 Å². The molecule has 3 heterocycles. The maximum Gasteiger partial charge on any atom is 0.416 e. The minimum Gasteiger partial charge on any atom is -0.493 e. The number of ether oxygens (including phenoxy) is 4. The predicted octanol–water partition coefficient (Wildman–Crippen LogP) is 4.59. The van der Waals surface area contributed by atoms with Crippen LogP contribution in [-0.4, -0.2) is 101 Å². The second kappa shape index (κ2) is 19.4. The molecule has 0 saturated carbocycles. The molecule has 2 unspecified atom stereocenters. The van der Waals surface area contributed by atoms with E-state index < -0.39 is 18.3 Å². The number of aromatic carboxylic acids is 1. The van der Waals surface area contributed by atoms with Crippen LogP contribution in [0, 0.1) is 0 Å². The summed E-state index contributed by atoms with van der Waals surface area (Å²) >= 11 is 0. The van der Waals surface area contributed by atoms with Gasteiger partial charge in [0.1, 0.15) is 12.8 Å². The van der Waals surface area contributed by atoms with E-state index in [0.29, 0.717) is 26.0 Å². The van der Waals surface area contributed by atoms with Crippen molar-refractivity contribution in [2.75, 3.05) is 50.3 Å². The number of aliphatic hydroxyl groups excluding tert-OH is 1. The van der Waals surface area contributed by atoms with Crippen molar-refractivity contribution in [3.8, 4) is 11.5 Å². The molecule has 2 atom stereocenters. The van der Waals surface area contributed by atoms with Gasteiger partial charge in [-0.05, 0) is 51.0 Å². The van der Waals surface area contributed by atoms with Crippen molar-refractivity contribution in [3.05, 3.63) is 42.4 Å². The molecule has 0 spiro atoms. The van der Waals surface area contributed by atoms with E-state index >= 15 is 0 Å². The Bertz CT molecular complexity index is 1440. The Hall–Kier alpha value is -4.63. The van der Waals surface area contributed by atoms with Crippen molar-refractivity contribution in [2.24, 2.45) is 7.05 Å². The number of carbonyl (C=O) groups is 4. The van der Waals surface area contributed by atoms with E-state index in [1.165, 1.54) is 42.0 Å². The third kappa shape index (κ3) is 10.2. The number of carbonyl (C=O) groups excluding carboxylic acids is 3. The van der Waals surface area contributed by atoms with Gasteiger partial charge in [-0.1, -0.05) is 26.5 Å². The van der Waals surface area contributed by atoms with E-state index in [0.717, 1.165) is 25.7 Å². The lowest BCUT2D eigenvalue weighted by Crippen LogP contribution is -2.48. The van der Waals surface area contributed by atoms with E-state index in [1.807, 2.05) is 13.8 Å². The number of anilines is 2. The van der Waals surface area contributed by atoms with Gasteiger partial charge in [0.25, 0.3) is 5.91 Å². The van der Waals surface area contributed by atoms with E-state index in [9.17, 15) is 29.4 Å². The van der Waals surface area contributed by atoms with Gasteiger partial charge in [-0.3, -0.25) is 14.5 Å². The van der Waals surface area contributed by atoms with Crippen LogP contribution in [0.1, 0.15) is 86.2 Å². The summed E-state index contributed by atoms with van der Waals surface area (Å²) in [6.07, 6.45) is 6.19. The number of hydrogen-bond donors (Lipinski definition) is 3. The molecule has 270 valence electrons. The summed E-state index contributed by atoms with van der Waals surface area (Å²) in [5.74, 6) is -1.60. The van der Waals surface area contributed by atoms with Crippen molar-refractivity contribution in [2.45, 2.75) is 77.5 Å². The normalized spacial score (nSPS) is 17.2. The molecule has 2 aliphatic heterocycles. The topological polar surface area (TPSA) is 182 Å². The number of rotatable bonds is 14. The number of aromatic nitrogens is 2. The minimum absolute atomic E-state index is 0.0398. The first-order chi connectivity index (χ1) is 23.7. The van der Waals surface area contributed by atoms with Crippen LogP contribution in [0.2, 0.25) is 0 Å².